The maximum atomic E-state index is 13.2. The maximum Gasteiger partial charge on any atom is 0.406 e. The number of carboxylic acids is 1. The Morgan fingerprint density at radius 2 is 1.92 bits per heavy atom. The fourth-order valence-electron chi connectivity index (χ4n) is 2.83. The molecule has 2 rings (SSSR count). The average molecular weight is 372 g/mol. The minimum Gasteiger partial charge on any atom is -0.481 e. The largest absolute Gasteiger partial charge is 0.481 e. The number of alkyl halides is 3. The predicted octanol–water partition coefficient (Wildman–Crippen LogP) is 2.31. The van der Waals surface area contributed by atoms with E-state index in [0.29, 0.717) is 6.54 Å². The van der Waals surface area contributed by atoms with Gasteiger partial charge in [-0.3, -0.25) is 14.4 Å². The number of rotatable bonds is 5. The third-order valence-corrected chi connectivity index (χ3v) is 4.42. The lowest BCUT2D eigenvalue weighted by atomic mass is 9.86. The zero-order valence-corrected chi connectivity index (χ0v) is 14.1. The van der Waals surface area contributed by atoms with Gasteiger partial charge in [-0.25, -0.2) is 0 Å². The van der Waals surface area contributed by atoms with Crippen LogP contribution < -0.4 is 5.32 Å². The summed E-state index contributed by atoms with van der Waals surface area (Å²) in [5.74, 6) is -3.12. The molecule has 1 heterocycles. The first kappa shape index (κ1) is 19.7. The minimum absolute atomic E-state index is 0.0394. The first-order chi connectivity index (χ1) is 12.1. The Morgan fingerprint density at radius 3 is 2.46 bits per heavy atom. The van der Waals surface area contributed by atoms with Crippen LogP contribution in [-0.4, -0.2) is 53.6 Å². The molecule has 0 radical (unpaired) electrons. The molecule has 1 aliphatic heterocycles. The normalized spacial score (nSPS) is 20.1. The van der Waals surface area contributed by atoms with Gasteiger partial charge < -0.3 is 15.3 Å². The molecule has 1 aliphatic rings. The number of carboxylic acid groups (broad SMARTS) is 1. The molecule has 0 aliphatic carbocycles. The number of hydrogen-bond donors (Lipinski definition) is 2. The Kier molecular flexibility index (Phi) is 5.58. The van der Waals surface area contributed by atoms with Crippen LogP contribution in [0.15, 0.2) is 24.3 Å². The summed E-state index contributed by atoms with van der Waals surface area (Å²) in [4.78, 5) is 36.5. The Hall–Kier alpha value is -2.58. The van der Waals surface area contributed by atoms with Crippen molar-refractivity contribution >= 4 is 17.8 Å². The Morgan fingerprint density at radius 1 is 1.27 bits per heavy atom. The summed E-state index contributed by atoms with van der Waals surface area (Å²) in [6.45, 7) is 1.06. The van der Waals surface area contributed by atoms with Gasteiger partial charge in [0.2, 0.25) is 0 Å². The molecule has 0 aromatic heterocycles. The first-order valence-corrected chi connectivity index (χ1v) is 8.10. The first-order valence-electron chi connectivity index (χ1n) is 8.10. The summed E-state index contributed by atoms with van der Waals surface area (Å²) in [5.41, 5.74) is -2.71. The van der Waals surface area contributed by atoms with E-state index in [1.165, 1.54) is 24.3 Å². The van der Waals surface area contributed by atoms with Crippen molar-refractivity contribution in [3.05, 3.63) is 35.4 Å². The smallest absolute Gasteiger partial charge is 0.406 e. The number of carbonyl (C=O) groups is 3. The second kappa shape index (κ2) is 7.35. The Labute approximate surface area is 148 Å². The molecule has 26 heavy (non-hydrogen) atoms. The molecule has 9 heteroatoms. The van der Waals surface area contributed by atoms with Crippen LogP contribution in [0.3, 0.4) is 0 Å². The summed E-state index contributed by atoms with van der Waals surface area (Å²) < 4.78 is 39.7. The Balaban J connectivity index is 2.20. The van der Waals surface area contributed by atoms with Crippen molar-refractivity contribution in [2.75, 3.05) is 19.6 Å². The number of carbonyl (C=O) groups excluding carboxylic acids is 2. The van der Waals surface area contributed by atoms with Gasteiger partial charge in [-0.1, -0.05) is 13.0 Å². The van der Waals surface area contributed by atoms with Crippen LogP contribution >= 0.6 is 0 Å². The molecule has 1 aromatic rings. The highest BCUT2D eigenvalue weighted by Crippen LogP contribution is 2.46. The van der Waals surface area contributed by atoms with Gasteiger partial charge in [0.1, 0.15) is 0 Å². The topological polar surface area (TPSA) is 86.7 Å². The van der Waals surface area contributed by atoms with Crippen molar-refractivity contribution in [1.29, 1.82) is 0 Å². The summed E-state index contributed by atoms with van der Waals surface area (Å²) in [6.07, 6.45) is -4.93. The molecule has 1 atom stereocenters. The predicted molar refractivity (Wildman–Crippen MR) is 85.7 cm³/mol. The zero-order valence-electron chi connectivity index (χ0n) is 14.1. The van der Waals surface area contributed by atoms with Crippen LogP contribution in [0.1, 0.15) is 40.5 Å². The average Bonchev–Trinajstić information content (AvgIpc) is 3.06. The van der Waals surface area contributed by atoms with Gasteiger partial charge in [0, 0.05) is 30.8 Å². The third kappa shape index (κ3) is 3.66. The molecule has 2 N–H and O–H groups in total. The second-order valence-corrected chi connectivity index (χ2v) is 6.20. The number of halogens is 3. The van der Waals surface area contributed by atoms with E-state index in [-0.39, 0.29) is 17.7 Å². The van der Waals surface area contributed by atoms with Gasteiger partial charge in [0.15, 0.2) is 5.41 Å². The fraction of sp³-hybridized carbons (Fsp3) is 0.471. The fourth-order valence-corrected chi connectivity index (χ4v) is 2.83. The SMILES string of the molecule is CCCNC(=O)c1cccc(C(=O)N2CCC(C(=O)O)(C(F)(F)F)C2)c1. The van der Waals surface area contributed by atoms with E-state index in [1.807, 2.05) is 6.92 Å². The van der Waals surface area contributed by atoms with E-state index in [0.717, 1.165) is 11.3 Å². The standard InChI is InChI=1S/C17H19F3N2O4/c1-2-7-21-13(23)11-4-3-5-12(9-11)14(24)22-8-6-16(10-22,15(25)26)17(18,19)20/h3-5,9H,2,6-8,10H2,1H3,(H,21,23)(H,25,26). The number of nitrogens with one attached hydrogen (secondary N) is 1. The van der Waals surface area contributed by atoms with Crippen LogP contribution in [0.2, 0.25) is 0 Å². The number of benzene rings is 1. The quantitative estimate of drug-likeness (QED) is 0.830. The van der Waals surface area contributed by atoms with Gasteiger partial charge >= 0.3 is 12.1 Å². The van der Waals surface area contributed by atoms with Crippen LogP contribution in [0, 0.1) is 5.41 Å². The molecule has 142 valence electrons. The number of hydrogen-bond acceptors (Lipinski definition) is 3. The van der Waals surface area contributed by atoms with Crippen molar-refractivity contribution in [1.82, 2.24) is 10.2 Å². The molecule has 1 fully saturated rings. The molecule has 0 saturated carbocycles. The number of aliphatic carboxylic acids is 1. The van der Waals surface area contributed by atoms with Gasteiger partial charge in [-0.05, 0) is 31.0 Å². The molecular formula is C17H19F3N2O4. The van der Waals surface area contributed by atoms with Crippen LogP contribution in [0.4, 0.5) is 13.2 Å². The van der Waals surface area contributed by atoms with Crippen LogP contribution in [-0.2, 0) is 4.79 Å². The highest BCUT2D eigenvalue weighted by Gasteiger charge is 2.64. The van der Waals surface area contributed by atoms with E-state index in [1.54, 1.807) is 0 Å². The molecule has 1 aromatic carbocycles. The summed E-state index contributed by atoms with van der Waals surface area (Å²) in [7, 11) is 0. The number of likely N-dealkylation sites (tertiary alicyclic amines) is 1. The van der Waals surface area contributed by atoms with Gasteiger partial charge in [-0.2, -0.15) is 13.2 Å². The molecule has 1 unspecified atom stereocenters. The van der Waals surface area contributed by atoms with Crippen molar-refractivity contribution in [2.24, 2.45) is 5.41 Å². The maximum absolute atomic E-state index is 13.2. The minimum atomic E-state index is -4.96. The highest BCUT2D eigenvalue weighted by molar-refractivity contribution is 6.00. The summed E-state index contributed by atoms with van der Waals surface area (Å²) in [6, 6.07) is 5.62. The van der Waals surface area contributed by atoms with Crippen LogP contribution in [0.5, 0.6) is 0 Å². The summed E-state index contributed by atoms with van der Waals surface area (Å²) in [5, 5.41) is 11.7. The molecular weight excluding hydrogens is 353 g/mol. The monoisotopic (exact) mass is 372 g/mol. The van der Waals surface area contributed by atoms with Crippen molar-refractivity contribution < 1.29 is 32.7 Å². The molecule has 6 nitrogen and oxygen atoms in total. The zero-order chi connectivity index (χ0) is 19.5. The second-order valence-electron chi connectivity index (χ2n) is 6.20. The van der Waals surface area contributed by atoms with Crippen molar-refractivity contribution in [3.8, 4) is 0 Å². The molecule has 1 saturated heterocycles. The molecule has 0 bridgehead atoms. The summed E-state index contributed by atoms with van der Waals surface area (Å²) >= 11 is 0. The number of amides is 2. The molecule has 2 amide bonds. The van der Waals surface area contributed by atoms with E-state index >= 15 is 0 Å². The third-order valence-electron chi connectivity index (χ3n) is 4.42. The van der Waals surface area contributed by atoms with Gasteiger partial charge in [0.25, 0.3) is 11.8 Å². The van der Waals surface area contributed by atoms with Crippen LogP contribution in [0.25, 0.3) is 0 Å². The van der Waals surface area contributed by atoms with Crippen molar-refractivity contribution in [3.63, 3.8) is 0 Å². The molecule has 0 spiro atoms. The van der Waals surface area contributed by atoms with Gasteiger partial charge in [-0.15, -0.1) is 0 Å². The lowest BCUT2D eigenvalue weighted by Crippen LogP contribution is -2.47. The highest BCUT2D eigenvalue weighted by atomic mass is 19.4. The lowest BCUT2D eigenvalue weighted by Gasteiger charge is -2.27. The van der Waals surface area contributed by atoms with Crippen molar-refractivity contribution in [2.45, 2.75) is 25.9 Å². The van der Waals surface area contributed by atoms with Gasteiger partial charge in [0.05, 0.1) is 0 Å². The Bertz CT molecular complexity index is 720. The number of nitrogens with zero attached hydrogens (tertiary/aromatic N) is 1. The van der Waals surface area contributed by atoms with E-state index in [9.17, 15) is 27.6 Å². The van der Waals surface area contributed by atoms with E-state index in [4.69, 9.17) is 5.11 Å². The lowest BCUT2D eigenvalue weighted by molar-refractivity contribution is -0.227. The van der Waals surface area contributed by atoms with E-state index < -0.39 is 42.3 Å². The van der Waals surface area contributed by atoms with E-state index in [2.05, 4.69) is 5.32 Å².